The quantitative estimate of drug-likeness (QED) is 0.388. The molecular formula is C18H38N4O3. The molecule has 7 nitrogen and oxygen atoms in total. The molecule has 0 aromatic heterocycles. The van der Waals surface area contributed by atoms with Gasteiger partial charge in [-0.15, -0.1) is 0 Å². The summed E-state index contributed by atoms with van der Waals surface area (Å²) in [4.78, 5) is 23.1. The van der Waals surface area contributed by atoms with Crippen LogP contribution in [0, 0.1) is 0 Å². The van der Waals surface area contributed by atoms with Gasteiger partial charge in [0, 0.05) is 24.2 Å². The molecule has 5 N–H and O–H groups in total. The Morgan fingerprint density at radius 1 is 1.00 bits per heavy atom. The molecule has 0 aliphatic carbocycles. The molecule has 0 aromatic carbocycles. The molecule has 0 heterocycles. The van der Waals surface area contributed by atoms with Gasteiger partial charge in [-0.1, -0.05) is 0 Å². The molecule has 1 atom stereocenters. The topological polar surface area (TPSA) is 105 Å². The van der Waals surface area contributed by atoms with Crippen molar-refractivity contribution < 1.29 is 14.3 Å². The number of hydrogen-bond acceptors (Lipinski definition) is 5. The molecular weight excluding hydrogens is 320 g/mol. The Balaban J connectivity index is 3.72. The first-order chi connectivity index (χ1) is 11.4. The Kier molecular flexibility index (Phi) is 10.9. The first kappa shape index (κ1) is 23.8. The Morgan fingerprint density at radius 2 is 1.64 bits per heavy atom. The molecule has 0 aliphatic rings. The zero-order valence-electron chi connectivity index (χ0n) is 16.8. The van der Waals surface area contributed by atoms with Crippen LogP contribution in [0.4, 0.5) is 0 Å². The van der Waals surface area contributed by atoms with Crippen LogP contribution in [0.3, 0.4) is 0 Å². The predicted molar refractivity (Wildman–Crippen MR) is 101 cm³/mol. The van der Waals surface area contributed by atoms with Crippen molar-refractivity contribution in [2.75, 3.05) is 26.3 Å². The molecule has 0 aliphatic heterocycles. The van der Waals surface area contributed by atoms with E-state index in [4.69, 9.17) is 10.5 Å². The summed E-state index contributed by atoms with van der Waals surface area (Å²) in [6.45, 7) is 14.1. The Labute approximate surface area is 152 Å². The van der Waals surface area contributed by atoms with E-state index in [0.29, 0.717) is 26.1 Å². The van der Waals surface area contributed by atoms with Crippen molar-refractivity contribution in [1.29, 1.82) is 0 Å². The Morgan fingerprint density at radius 3 is 2.16 bits per heavy atom. The van der Waals surface area contributed by atoms with Crippen LogP contribution >= 0.6 is 0 Å². The maximum Gasteiger partial charge on any atom is 0.245 e. The number of unbranched alkanes of at least 4 members (excludes halogenated alkanes) is 1. The fourth-order valence-electron chi connectivity index (χ4n) is 2.22. The second-order valence-electron chi connectivity index (χ2n) is 8.42. The van der Waals surface area contributed by atoms with Gasteiger partial charge in [0.25, 0.3) is 0 Å². The lowest BCUT2D eigenvalue weighted by molar-refractivity contribution is -0.125. The largest absolute Gasteiger partial charge is 0.370 e. The van der Waals surface area contributed by atoms with E-state index in [9.17, 15) is 9.59 Å². The van der Waals surface area contributed by atoms with Crippen molar-refractivity contribution >= 4 is 11.8 Å². The Hall–Kier alpha value is -1.18. The number of nitrogens with one attached hydrogen (secondary N) is 3. The molecule has 148 valence electrons. The van der Waals surface area contributed by atoms with E-state index in [-0.39, 0.29) is 35.5 Å². The monoisotopic (exact) mass is 358 g/mol. The highest BCUT2D eigenvalue weighted by Gasteiger charge is 2.21. The van der Waals surface area contributed by atoms with Gasteiger partial charge in [-0.3, -0.25) is 9.59 Å². The van der Waals surface area contributed by atoms with E-state index in [1.807, 2.05) is 20.8 Å². The van der Waals surface area contributed by atoms with Crippen molar-refractivity contribution in [3.05, 3.63) is 0 Å². The van der Waals surface area contributed by atoms with Gasteiger partial charge < -0.3 is 26.4 Å². The van der Waals surface area contributed by atoms with Crippen LogP contribution in [-0.2, 0) is 14.3 Å². The fraction of sp³-hybridized carbons (Fsp3) is 0.889. The average Bonchev–Trinajstić information content (AvgIpc) is 2.42. The predicted octanol–water partition coefficient (Wildman–Crippen LogP) is 0.920. The van der Waals surface area contributed by atoms with E-state index in [1.165, 1.54) is 0 Å². The molecule has 0 spiro atoms. The maximum atomic E-state index is 11.7. The molecule has 0 fully saturated rings. The van der Waals surface area contributed by atoms with Crippen LogP contribution in [0.5, 0.6) is 0 Å². The lowest BCUT2D eigenvalue weighted by atomic mass is 10.0. The van der Waals surface area contributed by atoms with Crippen LogP contribution in [0.25, 0.3) is 0 Å². The summed E-state index contributed by atoms with van der Waals surface area (Å²) >= 11 is 0. The molecule has 0 aromatic rings. The van der Waals surface area contributed by atoms with Gasteiger partial charge in [-0.2, -0.15) is 0 Å². The summed E-state index contributed by atoms with van der Waals surface area (Å²) in [6, 6.07) is -0.339. The standard InChI is InChI=1S/C18H38N4O3/c1-17(2,3)21-11-12-25-13-15(23)20-10-8-7-9-14(16(19)24)22-18(4,5)6/h14,21-22H,7-13H2,1-6H3,(H2,19,24)(H,20,23). The molecule has 1 unspecified atom stereocenters. The lowest BCUT2D eigenvalue weighted by Crippen LogP contribution is -2.50. The van der Waals surface area contributed by atoms with Crippen LogP contribution < -0.4 is 21.7 Å². The minimum Gasteiger partial charge on any atom is -0.370 e. The number of rotatable bonds is 12. The first-order valence-corrected chi connectivity index (χ1v) is 9.07. The third-order valence-electron chi connectivity index (χ3n) is 3.33. The SMILES string of the molecule is CC(C)(C)NCCOCC(=O)NCCCCC(NC(C)(C)C)C(N)=O. The van der Waals surface area contributed by atoms with Gasteiger partial charge in [-0.05, 0) is 60.8 Å². The normalized spacial score (nSPS) is 13.5. The molecule has 2 amide bonds. The molecule has 7 heteroatoms. The highest BCUT2D eigenvalue weighted by molar-refractivity contribution is 5.79. The maximum absolute atomic E-state index is 11.7. The summed E-state index contributed by atoms with van der Waals surface area (Å²) in [5.74, 6) is -0.453. The van der Waals surface area contributed by atoms with Crippen molar-refractivity contribution in [2.24, 2.45) is 5.73 Å². The minimum atomic E-state index is -0.339. The van der Waals surface area contributed by atoms with Gasteiger partial charge >= 0.3 is 0 Å². The molecule has 0 rings (SSSR count). The zero-order valence-corrected chi connectivity index (χ0v) is 16.8. The van der Waals surface area contributed by atoms with Crippen LogP contribution in [0.1, 0.15) is 60.8 Å². The summed E-state index contributed by atoms with van der Waals surface area (Å²) < 4.78 is 5.33. The van der Waals surface area contributed by atoms with E-state index in [0.717, 1.165) is 12.8 Å². The van der Waals surface area contributed by atoms with Crippen molar-refractivity contribution in [2.45, 2.75) is 77.9 Å². The van der Waals surface area contributed by atoms with Gasteiger partial charge in [0.15, 0.2) is 0 Å². The third-order valence-corrected chi connectivity index (χ3v) is 3.33. The summed E-state index contributed by atoms with van der Waals surface area (Å²) in [5.41, 5.74) is 5.31. The van der Waals surface area contributed by atoms with Crippen LogP contribution in [0.15, 0.2) is 0 Å². The van der Waals surface area contributed by atoms with Crippen molar-refractivity contribution in [1.82, 2.24) is 16.0 Å². The van der Waals surface area contributed by atoms with Gasteiger partial charge in [0.05, 0.1) is 12.6 Å². The highest BCUT2D eigenvalue weighted by Crippen LogP contribution is 2.07. The number of carbonyl (C=O) groups excluding carboxylic acids is 2. The van der Waals surface area contributed by atoms with Gasteiger partial charge in [0.1, 0.15) is 6.61 Å². The van der Waals surface area contributed by atoms with E-state index in [2.05, 4.69) is 36.7 Å². The number of nitrogens with two attached hydrogens (primary N) is 1. The van der Waals surface area contributed by atoms with E-state index < -0.39 is 0 Å². The van der Waals surface area contributed by atoms with E-state index in [1.54, 1.807) is 0 Å². The number of primary amides is 1. The van der Waals surface area contributed by atoms with Crippen molar-refractivity contribution in [3.63, 3.8) is 0 Å². The number of hydrogen-bond donors (Lipinski definition) is 4. The second-order valence-corrected chi connectivity index (χ2v) is 8.42. The smallest absolute Gasteiger partial charge is 0.245 e. The lowest BCUT2D eigenvalue weighted by Gasteiger charge is -2.26. The number of carbonyl (C=O) groups is 2. The van der Waals surface area contributed by atoms with Gasteiger partial charge in [0.2, 0.25) is 11.8 Å². The molecule has 0 bridgehead atoms. The van der Waals surface area contributed by atoms with Crippen LogP contribution in [-0.4, -0.2) is 55.2 Å². The van der Waals surface area contributed by atoms with E-state index >= 15 is 0 Å². The highest BCUT2D eigenvalue weighted by atomic mass is 16.5. The third kappa shape index (κ3) is 16.1. The average molecular weight is 359 g/mol. The molecule has 0 radical (unpaired) electrons. The first-order valence-electron chi connectivity index (χ1n) is 9.07. The molecule has 25 heavy (non-hydrogen) atoms. The number of amides is 2. The zero-order chi connectivity index (χ0) is 19.5. The second kappa shape index (κ2) is 11.4. The van der Waals surface area contributed by atoms with Crippen molar-refractivity contribution in [3.8, 4) is 0 Å². The summed E-state index contributed by atoms with van der Waals surface area (Å²) in [6.07, 6.45) is 2.28. The molecule has 0 saturated carbocycles. The minimum absolute atomic E-state index is 0.0518. The fourth-order valence-corrected chi connectivity index (χ4v) is 2.22. The summed E-state index contributed by atoms with van der Waals surface area (Å²) in [5, 5.41) is 9.33. The van der Waals surface area contributed by atoms with Gasteiger partial charge in [-0.25, -0.2) is 0 Å². The Bertz CT molecular complexity index is 400. The molecule has 0 saturated heterocycles. The van der Waals surface area contributed by atoms with Crippen LogP contribution in [0.2, 0.25) is 0 Å². The number of ether oxygens (including phenoxy) is 1. The summed E-state index contributed by atoms with van der Waals surface area (Å²) in [7, 11) is 0.